The Morgan fingerprint density at radius 2 is 1.90 bits per heavy atom. The minimum atomic E-state index is -4.33. The number of nitrogens with one attached hydrogen (secondary N) is 1. The maximum atomic E-state index is 13.1. The second-order valence-corrected chi connectivity index (χ2v) is 8.00. The normalized spacial score (nSPS) is 20.0. The zero-order valence-electron chi connectivity index (χ0n) is 17.2. The third-order valence-corrected chi connectivity index (χ3v) is 5.98. The molecule has 3 rings (SSSR count). The summed E-state index contributed by atoms with van der Waals surface area (Å²) >= 11 is 0. The molecule has 0 radical (unpaired) electrons. The Bertz CT molecular complexity index is 687. The molecule has 1 saturated heterocycles. The van der Waals surface area contributed by atoms with Crippen molar-refractivity contribution < 1.29 is 17.9 Å². The number of halogens is 4. The fourth-order valence-corrected chi connectivity index (χ4v) is 4.25. The van der Waals surface area contributed by atoms with Crippen molar-refractivity contribution in [2.24, 2.45) is 10.7 Å². The predicted molar refractivity (Wildman–Crippen MR) is 123 cm³/mol. The first-order valence-electron chi connectivity index (χ1n) is 10.4. The lowest BCUT2D eigenvalue weighted by atomic mass is 9.78. The van der Waals surface area contributed by atoms with Gasteiger partial charge in [-0.05, 0) is 37.4 Å². The van der Waals surface area contributed by atoms with Crippen LogP contribution >= 0.6 is 24.0 Å². The van der Waals surface area contributed by atoms with Crippen LogP contribution < -0.4 is 11.1 Å². The quantitative estimate of drug-likeness (QED) is 0.240. The first-order chi connectivity index (χ1) is 13.9. The highest BCUT2D eigenvalue weighted by molar-refractivity contribution is 14.0. The Hall–Kier alpha value is -1.07. The van der Waals surface area contributed by atoms with Gasteiger partial charge in [-0.2, -0.15) is 13.2 Å². The van der Waals surface area contributed by atoms with Gasteiger partial charge in [0.2, 0.25) is 0 Å². The summed E-state index contributed by atoms with van der Waals surface area (Å²) in [6, 6.07) is 5.70. The highest BCUT2D eigenvalue weighted by Crippen LogP contribution is 2.43. The molecule has 1 aromatic carbocycles. The second-order valence-electron chi connectivity index (χ2n) is 8.00. The number of guanidine groups is 1. The lowest BCUT2D eigenvalue weighted by Crippen LogP contribution is -2.39. The van der Waals surface area contributed by atoms with Gasteiger partial charge in [0.05, 0.1) is 25.3 Å². The molecule has 30 heavy (non-hydrogen) atoms. The number of hydrogen-bond acceptors (Lipinski definition) is 3. The monoisotopic (exact) mass is 540 g/mol. The van der Waals surface area contributed by atoms with E-state index >= 15 is 0 Å². The van der Waals surface area contributed by atoms with Crippen molar-refractivity contribution >= 4 is 29.9 Å². The molecule has 2 fully saturated rings. The van der Waals surface area contributed by atoms with Crippen LogP contribution in [0.25, 0.3) is 0 Å². The largest absolute Gasteiger partial charge is 0.416 e. The molecule has 1 saturated carbocycles. The first kappa shape index (κ1) is 25.2. The number of ether oxygens (including phenoxy) is 1. The summed E-state index contributed by atoms with van der Waals surface area (Å²) in [6.45, 7) is 5.62. The second kappa shape index (κ2) is 11.5. The minimum Gasteiger partial charge on any atom is -0.379 e. The Morgan fingerprint density at radius 1 is 1.20 bits per heavy atom. The smallest absolute Gasteiger partial charge is 0.379 e. The van der Waals surface area contributed by atoms with E-state index in [0.717, 1.165) is 77.6 Å². The van der Waals surface area contributed by atoms with E-state index in [1.807, 2.05) is 0 Å². The van der Waals surface area contributed by atoms with Crippen LogP contribution in [0.3, 0.4) is 0 Å². The van der Waals surface area contributed by atoms with Gasteiger partial charge in [-0.3, -0.25) is 9.89 Å². The third kappa shape index (κ3) is 6.98. The van der Waals surface area contributed by atoms with Crippen molar-refractivity contribution in [3.63, 3.8) is 0 Å². The number of aliphatic imine (C=N–C) groups is 1. The Labute approximate surface area is 193 Å². The lowest BCUT2D eigenvalue weighted by Gasteiger charge is -2.29. The summed E-state index contributed by atoms with van der Waals surface area (Å²) in [5.41, 5.74) is 5.79. The van der Waals surface area contributed by atoms with Crippen LogP contribution in [0.2, 0.25) is 0 Å². The molecule has 0 atom stereocenters. The summed E-state index contributed by atoms with van der Waals surface area (Å²) in [4.78, 5) is 6.86. The summed E-state index contributed by atoms with van der Waals surface area (Å²) < 4.78 is 44.7. The Kier molecular flexibility index (Phi) is 9.67. The van der Waals surface area contributed by atoms with Gasteiger partial charge in [-0.15, -0.1) is 24.0 Å². The van der Waals surface area contributed by atoms with Crippen LogP contribution in [0, 0.1) is 0 Å². The molecule has 0 spiro atoms. The van der Waals surface area contributed by atoms with E-state index in [0.29, 0.717) is 18.1 Å². The van der Waals surface area contributed by atoms with E-state index < -0.39 is 11.7 Å². The van der Waals surface area contributed by atoms with Crippen molar-refractivity contribution in [3.8, 4) is 0 Å². The van der Waals surface area contributed by atoms with E-state index in [2.05, 4.69) is 15.2 Å². The Balaban J connectivity index is 0.00000320. The molecule has 0 amide bonds. The fourth-order valence-electron chi connectivity index (χ4n) is 4.25. The van der Waals surface area contributed by atoms with Gasteiger partial charge in [0.1, 0.15) is 0 Å². The average molecular weight is 540 g/mol. The Morgan fingerprint density at radius 3 is 2.57 bits per heavy atom. The number of benzene rings is 1. The van der Waals surface area contributed by atoms with Crippen LogP contribution in [0.15, 0.2) is 29.3 Å². The van der Waals surface area contributed by atoms with Gasteiger partial charge >= 0.3 is 6.18 Å². The SMILES string of the molecule is I.NC(=NCC1(c2cccc(C(F)(F)F)c2)CCCC1)NCCCN1CCOCC1. The van der Waals surface area contributed by atoms with E-state index in [4.69, 9.17) is 10.5 Å². The summed E-state index contributed by atoms with van der Waals surface area (Å²) in [7, 11) is 0. The first-order valence-corrected chi connectivity index (χ1v) is 10.4. The average Bonchev–Trinajstić information content (AvgIpc) is 3.20. The van der Waals surface area contributed by atoms with E-state index in [-0.39, 0.29) is 29.4 Å². The highest BCUT2D eigenvalue weighted by Gasteiger charge is 2.38. The van der Waals surface area contributed by atoms with Crippen LogP contribution in [0.5, 0.6) is 0 Å². The van der Waals surface area contributed by atoms with Gasteiger partial charge in [-0.25, -0.2) is 0 Å². The number of hydrogen-bond donors (Lipinski definition) is 2. The van der Waals surface area contributed by atoms with Gasteiger partial charge in [-0.1, -0.05) is 31.0 Å². The summed E-state index contributed by atoms with van der Waals surface area (Å²) in [5, 5.41) is 3.14. The van der Waals surface area contributed by atoms with Crippen LogP contribution in [0.1, 0.15) is 43.2 Å². The molecule has 1 heterocycles. The fraction of sp³-hybridized carbons (Fsp3) is 0.667. The molecule has 1 aromatic rings. The zero-order valence-corrected chi connectivity index (χ0v) is 19.5. The maximum Gasteiger partial charge on any atom is 0.416 e. The van der Waals surface area contributed by atoms with Gasteiger partial charge < -0.3 is 15.8 Å². The number of alkyl halides is 3. The lowest BCUT2D eigenvalue weighted by molar-refractivity contribution is -0.137. The standard InChI is InChI=1S/C21H31F3N4O.HI/c22-21(23,24)18-6-3-5-17(15-18)20(7-1-2-8-20)16-27-19(25)26-9-4-10-28-11-13-29-14-12-28;/h3,5-6,15H,1-2,4,7-14,16H2,(H3,25,26,27);1H. The van der Waals surface area contributed by atoms with Crippen molar-refractivity contribution in [2.75, 3.05) is 45.9 Å². The molecule has 9 heteroatoms. The minimum absolute atomic E-state index is 0. The molecule has 1 aliphatic carbocycles. The molecule has 5 nitrogen and oxygen atoms in total. The van der Waals surface area contributed by atoms with Crippen LogP contribution in [-0.4, -0.2) is 56.8 Å². The van der Waals surface area contributed by atoms with E-state index in [9.17, 15) is 13.2 Å². The molecule has 0 bridgehead atoms. The topological polar surface area (TPSA) is 62.9 Å². The molecule has 3 N–H and O–H groups in total. The summed E-state index contributed by atoms with van der Waals surface area (Å²) in [6.07, 6.45) is 0.288. The molecule has 0 unspecified atom stereocenters. The maximum absolute atomic E-state index is 13.1. The zero-order chi connectivity index (χ0) is 20.7. The van der Waals surface area contributed by atoms with Crippen LogP contribution in [-0.2, 0) is 16.3 Å². The predicted octanol–water partition coefficient (Wildman–Crippen LogP) is 3.76. The number of morpholine rings is 1. The number of rotatable bonds is 7. The van der Waals surface area contributed by atoms with Crippen molar-refractivity contribution in [2.45, 2.75) is 43.7 Å². The van der Waals surface area contributed by atoms with Gasteiger partial charge in [0.25, 0.3) is 0 Å². The molecule has 0 aromatic heterocycles. The van der Waals surface area contributed by atoms with Gasteiger partial charge in [0, 0.05) is 25.0 Å². The molecule has 2 aliphatic rings. The van der Waals surface area contributed by atoms with Crippen LogP contribution in [0.4, 0.5) is 13.2 Å². The third-order valence-electron chi connectivity index (χ3n) is 5.98. The van der Waals surface area contributed by atoms with Crippen molar-refractivity contribution in [3.05, 3.63) is 35.4 Å². The van der Waals surface area contributed by atoms with Crippen molar-refractivity contribution in [1.82, 2.24) is 10.2 Å². The van der Waals surface area contributed by atoms with E-state index in [1.54, 1.807) is 6.07 Å². The molecular weight excluding hydrogens is 508 g/mol. The van der Waals surface area contributed by atoms with Gasteiger partial charge in [0.15, 0.2) is 5.96 Å². The molecular formula is C21H32F3IN4O. The molecule has 170 valence electrons. The highest BCUT2D eigenvalue weighted by atomic mass is 127. The number of nitrogens with two attached hydrogens (primary N) is 1. The van der Waals surface area contributed by atoms with Crippen molar-refractivity contribution in [1.29, 1.82) is 0 Å². The van der Waals surface area contributed by atoms with E-state index in [1.165, 1.54) is 12.1 Å². The summed E-state index contributed by atoms with van der Waals surface area (Å²) in [5.74, 6) is 0.366. The number of nitrogens with zero attached hydrogens (tertiary/aromatic N) is 2. The molecule has 1 aliphatic heterocycles.